The molecular weight excluding hydrogens is 2470 g/mol. The SMILES string of the molecule is CC(=O)C=C(C)O.CC(C)(C)C(=O)C=C(O)C(C)(C)C.CC1(C)c2ccccc2-c2c[c-]c(-c3nccc4ccccc34)cc21.[Ir].[Ir].[Ir].[Ir].[Ir].[c-]1c(-c2ccc(-c3ccccc3)cn2)sc2ccccc12.[c-]1cccc2ccc3cccnc3c12.[c-]1cccc2ccc3cccnc3c12.[c-]1ccccc1-c1ccc2ccccc2n1.[c-]1ccccc1-c1ccccn1. The van der Waals surface area contributed by atoms with Crippen LogP contribution in [0.1, 0.15) is 80.4 Å². The molecule has 5 radical (unpaired) electrons. The number of aliphatic hydroxyl groups is 2. The first-order valence-corrected chi connectivity index (χ1v) is 41.1. The smallest absolute Gasteiger partial charge is 0.164 e. The molecule has 0 spiro atoms. The number of aliphatic hydroxyl groups excluding tert-OH is 2. The Morgan fingerprint density at radius 1 is 0.402 bits per heavy atom. The van der Waals surface area contributed by atoms with Crippen LogP contribution in [0.15, 0.2) is 376 Å². The van der Waals surface area contributed by atoms with Gasteiger partial charge < -0.3 is 35.1 Å². The van der Waals surface area contributed by atoms with Crippen LogP contribution >= 0.6 is 11.3 Å². The predicted octanol–water partition coefficient (Wildman–Crippen LogP) is 28.2. The summed E-state index contributed by atoms with van der Waals surface area (Å²) in [7, 11) is 0. The zero-order chi connectivity index (χ0) is 85.6. The van der Waals surface area contributed by atoms with Crippen molar-refractivity contribution in [2.24, 2.45) is 10.8 Å². The normalized spacial score (nSPS) is 11.4. The van der Waals surface area contributed by atoms with Gasteiger partial charge in [-0.15, -0.1) is 195 Å². The molecule has 7 heterocycles. The van der Waals surface area contributed by atoms with Crippen molar-refractivity contribution < 1.29 is 120 Å². The number of pyridine rings is 6. The van der Waals surface area contributed by atoms with Crippen LogP contribution < -0.4 is 0 Å². The molecule has 0 bridgehead atoms. The largest absolute Gasteiger partial charge is 0.512 e. The van der Waals surface area contributed by atoms with Gasteiger partial charge in [0.25, 0.3) is 0 Å². The third-order valence-corrected chi connectivity index (χ3v) is 21.2. The Labute approximate surface area is 816 Å². The molecule has 10 nitrogen and oxygen atoms in total. The number of rotatable bonds is 7. The van der Waals surface area contributed by atoms with Crippen LogP contribution in [0.3, 0.4) is 0 Å². The zero-order valence-electron chi connectivity index (χ0n) is 71.6. The molecule has 12 aromatic carbocycles. The molecule has 0 amide bonds. The van der Waals surface area contributed by atoms with Gasteiger partial charge in [0, 0.05) is 160 Å². The summed E-state index contributed by atoms with van der Waals surface area (Å²) >= 11 is 1.73. The Kier molecular flexibility index (Phi) is 38.3. The van der Waals surface area contributed by atoms with E-state index in [0.29, 0.717) is 0 Å². The van der Waals surface area contributed by atoms with Crippen LogP contribution in [0.25, 0.3) is 142 Å². The maximum Gasteiger partial charge on any atom is 0.164 e. The molecule has 7 aromatic heterocycles. The number of benzene rings is 12. The second kappa shape index (κ2) is 48.1. The van der Waals surface area contributed by atoms with Crippen molar-refractivity contribution in [1.29, 1.82) is 0 Å². The van der Waals surface area contributed by atoms with E-state index in [9.17, 15) is 14.7 Å². The minimum atomic E-state index is -0.417. The van der Waals surface area contributed by atoms with E-state index in [2.05, 4.69) is 250 Å². The van der Waals surface area contributed by atoms with E-state index in [1.54, 1.807) is 17.5 Å². The van der Waals surface area contributed by atoms with Gasteiger partial charge in [0.1, 0.15) is 5.76 Å². The van der Waals surface area contributed by atoms with Gasteiger partial charge in [-0.1, -0.05) is 249 Å². The van der Waals surface area contributed by atoms with Crippen LogP contribution in [0.5, 0.6) is 0 Å². The number of thiophene rings is 1. The maximum absolute atomic E-state index is 11.5. The molecule has 0 saturated heterocycles. The van der Waals surface area contributed by atoms with E-state index in [1.165, 1.54) is 96.2 Å². The first kappa shape index (κ1) is 101. The van der Waals surface area contributed by atoms with Crippen LogP contribution in [-0.4, -0.2) is 51.7 Å². The fourth-order valence-corrected chi connectivity index (χ4v) is 14.6. The van der Waals surface area contributed by atoms with Crippen molar-refractivity contribution in [2.45, 2.75) is 74.7 Å². The Hall–Kier alpha value is -11.3. The number of para-hydroxylation sites is 1. The van der Waals surface area contributed by atoms with Gasteiger partial charge in [-0.2, -0.15) is 0 Å². The van der Waals surface area contributed by atoms with Crippen molar-refractivity contribution in [3.63, 3.8) is 0 Å². The fourth-order valence-electron chi connectivity index (χ4n) is 13.6. The molecule has 2 N–H and O–H groups in total. The number of carbonyl (C=O) groups excluding carboxylic acids is 2. The first-order chi connectivity index (χ1) is 59.0. The number of hydrogen-bond donors (Lipinski definition) is 2. The number of fused-ring (bicyclic) bond motifs is 12. The number of carbonyl (C=O) groups is 2. The number of nitrogens with zero attached hydrogens (tertiary/aromatic N) is 6. The fraction of sp³-hybridized carbons (Fsp3) is 0.117. The van der Waals surface area contributed by atoms with Crippen molar-refractivity contribution in [3.8, 4) is 66.6 Å². The molecule has 1 aliphatic rings. The van der Waals surface area contributed by atoms with Crippen LogP contribution in [0.2, 0.25) is 0 Å². The quantitative estimate of drug-likeness (QED) is 0.0683. The van der Waals surface area contributed by atoms with Crippen molar-refractivity contribution in [3.05, 3.63) is 424 Å². The van der Waals surface area contributed by atoms with Gasteiger partial charge in [-0.05, 0) is 131 Å². The minimum Gasteiger partial charge on any atom is -0.512 e. The second-order valence-corrected chi connectivity index (χ2v) is 32.6. The van der Waals surface area contributed by atoms with E-state index in [-0.39, 0.29) is 134 Å². The predicted molar refractivity (Wildman–Crippen MR) is 505 cm³/mol. The Morgan fingerprint density at radius 2 is 0.937 bits per heavy atom. The summed E-state index contributed by atoms with van der Waals surface area (Å²) in [6.07, 6.45) is 11.8. The van der Waals surface area contributed by atoms with E-state index in [1.807, 2.05) is 218 Å². The average molecular weight is 2570 g/mol. The number of allylic oxidation sites excluding steroid dienone is 4. The summed E-state index contributed by atoms with van der Waals surface area (Å²) in [4.78, 5) is 49.5. The Bertz CT molecular complexity index is 6570. The molecule has 16 heteroatoms. The summed E-state index contributed by atoms with van der Waals surface area (Å²) in [6, 6.07) is 128. The zero-order valence-corrected chi connectivity index (χ0v) is 84.4. The first-order valence-electron chi connectivity index (χ1n) is 40.3. The van der Waals surface area contributed by atoms with E-state index < -0.39 is 5.41 Å². The molecular formula is C111H92Ir5N6O4S-6. The molecule has 0 fully saturated rings. The summed E-state index contributed by atoms with van der Waals surface area (Å²) in [5.41, 5.74) is 17.1. The van der Waals surface area contributed by atoms with Crippen molar-refractivity contribution in [1.82, 2.24) is 29.9 Å². The van der Waals surface area contributed by atoms with Gasteiger partial charge in [-0.25, -0.2) is 11.3 Å². The summed E-state index contributed by atoms with van der Waals surface area (Å²) in [5, 5.41) is 29.6. The number of hydrogen-bond acceptors (Lipinski definition) is 11. The summed E-state index contributed by atoms with van der Waals surface area (Å²) < 4.78 is 1.25. The van der Waals surface area contributed by atoms with Crippen molar-refractivity contribution in [2.75, 3.05) is 0 Å². The number of ketones is 2. The van der Waals surface area contributed by atoms with E-state index >= 15 is 0 Å². The standard InChI is InChI=1S/C24H18N.C19H12NS.C15H10N.2C13H8N.C11H8N.C11H20O2.C5H8O2.5Ir/c1-24(2)21-10-6-5-9-19(21)20-12-11-17(15-22(20)24)23-18-8-4-3-7-16(18)13-14-25-23;1-2-6-14(7-3-1)16-10-11-17(20-13-16)19-12-15-8-4-5-9-18(15)21-19;1-2-6-12(7-3-1)15-11-10-13-8-4-5-9-14(13)16-15;2*1-2-6-12-10(4-1)7-8-11-5-3-9-14-13(11)12;1-2-6-10(7-3-1)11-8-4-5-9-12-11;1-10(2,3)8(12)7-9(13)11(4,5)6;1-4(6)3-5(2)7;;;;;/h3-10,12-15H,1-2H3;1-11,13H;1-6,8-11H;2*1-5,7-9H;1-6,8-9H;7,12H,1-6H3;3,6H,1-2H3;;;;;/q6*-1;;;;;;;. The molecule has 0 unspecified atom stereocenters. The average Bonchev–Trinajstić information content (AvgIpc) is 1.58. The molecule has 19 aromatic rings. The topological polar surface area (TPSA) is 152 Å². The third kappa shape index (κ3) is 26.9. The van der Waals surface area contributed by atoms with Crippen LogP contribution in [0, 0.1) is 47.2 Å². The van der Waals surface area contributed by atoms with Gasteiger partial charge in [0.15, 0.2) is 11.6 Å². The van der Waals surface area contributed by atoms with Crippen molar-refractivity contribution >= 4 is 98.0 Å². The molecule has 0 aliphatic heterocycles. The van der Waals surface area contributed by atoms with E-state index in [4.69, 9.17) is 5.11 Å². The molecule has 647 valence electrons. The van der Waals surface area contributed by atoms with Gasteiger partial charge >= 0.3 is 0 Å². The Balaban J connectivity index is 0.000000182. The Morgan fingerprint density at radius 3 is 1.52 bits per heavy atom. The monoisotopic (exact) mass is 2570 g/mol. The van der Waals surface area contributed by atoms with Gasteiger partial charge in [-0.3, -0.25) is 14.6 Å². The van der Waals surface area contributed by atoms with Gasteiger partial charge in [0.05, 0.1) is 11.3 Å². The maximum atomic E-state index is 11.5. The number of aromatic nitrogens is 6. The molecule has 0 saturated carbocycles. The summed E-state index contributed by atoms with van der Waals surface area (Å²) in [6.45, 7) is 18.6. The second-order valence-electron chi connectivity index (χ2n) is 31.6. The molecule has 0 atom stereocenters. The molecule has 20 rings (SSSR count). The summed E-state index contributed by atoms with van der Waals surface area (Å²) in [5.74, 6) is 0.0415. The van der Waals surface area contributed by atoms with Crippen LogP contribution in [-0.2, 0) is 116 Å². The molecule has 1 aliphatic carbocycles. The van der Waals surface area contributed by atoms with Gasteiger partial charge in [0.2, 0.25) is 0 Å². The molecule has 127 heavy (non-hydrogen) atoms. The third-order valence-electron chi connectivity index (χ3n) is 20.1. The van der Waals surface area contributed by atoms with E-state index in [0.717, 1.165) is 82.6 Å². The minimum absolute atomic E-state index is 0. The van der Waals surface area contributed by atoms with Crippen LogP contribution in [0.4, 0.5) is 0 Å².